The Hall–Kier alpha value is -0.280. The van der Waals surface area contributed by atoms with Gasteiger partial charge in [-0.1, -0.05) is 30.3 Å². The lowest BCUT2D eigenvalue weighted by Gasteiger charge is -2.13. The summed E-state index contributed by atoms with van der Waals surface area (Å²) in [4.78, 5) is 0. The van der Waals surface area contributed by atoms with Crippen LogP contribution in [-0.2, 0) is 11.3 Å². The number of hydrogen-bond donors (Lipinski definition) is 1. The van der Waals surface area contributed by atoms with E-state index in [1.54, 1.807) is 0 Å². The Morgan fingerprint density at radius 3 is 2.40 bits per heavy atom. The maximum absolute atomic E-state index is 8.75. The Bertz CT molecular complexity index is 267. The fourth-order valence-corrected chi connectivity index (χ4v) is 1.32. The Morgan fingerprint density at radius 1 is 1.13 bits per heavy atom. The molecule has 0 amide bonds. The van der Waals surface area contributed by atoms with Gasteiger partial charge in [-0.25, -0.2) is 0 Å². The summed E-state index contributed by atoms with van der Waals surface area (Å²) in [6, 6.07) is 9.82. The Morgan fingerprint density at radius 2 is 1.80 bits per heavy atom. The molecule has 4 heteroatoms. The first-order chi connectivity index (χ1) is 7.24. The van der Waals surface area contributed by atoms with Crippen LogP contribution in [-0.4, -0.2) is 29.1 Å². The fourth-order valence-electron chi connectivity index (χ4n) is 1.08. The average Bonchev–Trinajstić information content (AvgIpc) is 2.29. The molecule has 1 aromatic rings. The van der Waals surface area contributed by atoms with Gasteiger partial charge in [0.1, 0.15) is 0 Å². The Kier molecular flexibility index (Phi) is 6.03. The summed E-state index contributed by atoms with van der Waals surface area (Å²) in [5.41, 5.74) is 1.09. The molecular formula is C11H14Cl2O2. The van der Waals surface area contributed by atoms with E-state index >= 15 is 0 Å². The molecule has 0 bridgehead atoms. The highest BCUT2D eigenvalue weighted by molar-refractivity contribution is 6.30. The van der Waals surface area contributed by atoms with Gasteiger partial charge >= 0.3 is 0 Å². The standard InChI is InChI=1S/C11H14Cl2O2/c12-10(6-14)11(13)8-15-7-9-4-2-1-3-5-9/h1-5,10-11,14H,6-8H2/t10-,11-/m1/s1. The van der Waals surface area contributed by atoms with E-state index in [1.165, 1.54) is 0 Å². The van der Waals surface area contributed by atoms with E-state index in [0.717, 1.165) is 5.56 Å². The average molecular weight is 249 g/mol. The van der Waals surface area contributed by atoms with E-state index < -0.39 is 5.38 Å². The molecule has 1 N–H and O–H groups in total. The van der Waals surface area contributed by atoms with Crippen LogP contribution in [0, 0.1) is 0 Å². The van der Waals surface area contributed by atoms with Crippen LogP contribution in [0.4, 0.5) is 0 Å². The predicted molar refractivity (Wildman–Crippen MR) is 62.5 cm³/mol. The first-order valence-corrected chi connectivity index (χ1v) is 5.62. The van der Waals surface area contributed by atoms with E-state index in [0.29, 0.717) is 13.2 Å². The number of aliphatic hydroxyl groups is 1. The van der Waals surface area contributed by atoms with Crippen LogP contribution in [0.5, 0.6) is 0 Å². The van der Waals surface area contributed by atoms with Crippen molar-refractivity contribution in [2.45, 2.75) is 17.4 Å². The summed E-state index contributed by atoms with van der Waals surface area (Å²) >= 11 is 11.6. The Balaban J connectivity index is 2.22. The molecule has 0 fully saturated rings. The van der Waals surface area contributed by atoms with Crippen molar-refractivity contribution in [1.29, 1.82) is 0 Å². The van der Waals surface area contributed by atoms with Gasteiger partial charge in [-0.3, -0.25) is 0 Å². The van der Waals surface area contributed by atoms with Gasteiger partial charge in [0, 0.05) is 0 Å². The van der Waals surface area contributed by atoms with Crippen molar-refractivity contribution in [3.8, 4) is 0 Å². The number of alkyl halides is 2. The van der Waals surface area contributed by atoms with Crippen LogP contribution in [0.15, 0.2) is 30.3 Å². The topological polar surface area (TPSA) is 29.5 Å². The largest absolute Gasteiger partial charge is 0.395 e. The summed E-state index contributed by atoms with van der Waals surface area (Å²) in [7, 11) is 0. The minimum Gasteiger partial charge on any atom is -0.395 e. The highest BCUT2D eigenvalue weighted by Crippen LogP contribution is 2.11. The van der Waals surface area contributed by atoms with Gasteiger partial charge in [-0.05, 0) is 5.56 Å². The first kappa shape index (κ1) is 12.8. The van der Waals surface area contributed by atoms with Crippen LogP contribution in [0.3, 0.4) is 0 Å². The second-order valence-electron chi connectivity index (χ2n) is 3.22. The molecule has 1 rings (SSSR count). The van der Waals surface area contributed by atoms with Crippen LogP contribution in [0.25, 0.3) is 0 Å². The SMILES string of the molecule is OC[C@@H](Cl)[C@H](Cl)COCc1ccccc1. The normalized spacial score (nSPS) is 14.9. The third-order valence-electron chi connectivity index (χ3n) is 1.96. The van der Waals surface area contributed by atoms with Crippen LogP contribution in [0.1, 0.15) is 5.56 Å². The van der Waals surface area contributed by atoms with E-state index in [2.05, 4.69) is 0 Å². The van der Waals surface area contributed by atoms with E-state index in [-0.39, 0.29) is 12.0 Å². The highest BCUT2D eigenvalue weighted by atomic mass is 35.5. The third kappa shape index (κ3) is 4.85. The van der Waals surface area contributed by atoms with Crippen molar-refractivity contribution in [3.63, 3.8) is 0 Å². The minimum absolute atomic E-state index is 0.135. The number of aliphatic hydroxyl groups excluding tert-OH is 1. The molecule has 2 atom stereocenters. The summed E-state index contributed by atoms with van der Waals surface area (Å²) < 4.78 is 5.38. The summed E-state index contributed by atoms with van der Waals surface area (Å²) in [6.45, 7) is 0.717. The maximum Gasteiger partial charge on any atom is 0.0755 e. The second kappa shape index (κ2) is 7.07. The monoisotopic (exact) mass is 248 g/mol. The lowest BCUT2D eigenvalue weighted by molar-refractivity contribution is 0.116. The second-order valence-corrected chi connectivity index (χ2v) is 4.34. The van der Waals surface area contributed by atoms with Crippen LogP contribution in [0.2, 0.25) is 0 Å². The molecule has 0 aromatic heterocycles. The fraction of sp³-hybridized carbons (Fsp3) is 0.455. The van der Waals surface area contributed by atoms with Crippen molar-refractivity contribution in [2.24, 2.45) is 0 Å². The maximum atomic E-state index is 8.75. The zero-order valence-corrected chi connectivity index (χ0v) is 9.79. The summed E-state index contributed by atoms with van der Waals surface area (Å²) in [5, 5.41) is 7.93. The zero-order valence-electron chi connectivity index (χ0n) is 8.27. The van der Waals surface area contributed by atoms with Crippen molar-refractivity contribution >= 4 is 23.2 Å². The number of benzene rings is 1. The molecule has 15 heavy (non-hydrogen) atoms. The Labute approximate surface area is 99.8 Å². The highest BCUT2D eigenvalue weighted by Gasteiger charge is 2.15. The van der Waals surface area contributed by atoms with E-state index in [4.69, 9.17) is 33.0 Å². The summed E-state index contributed by atoms with van der Waals surface area (Å²) in [6.07, 6.45) is 0. The molecule has 0 saturated carbocycles. The number of hydrogen-bond acceptors (Lipinski definition) is 2. The molecule has 0 unspecified atom stereocenters. The lowest BCUT2D eigenvalue weighted by Crippen LogP contribution is -2.24. The minimum atomic E-state index is -0.456. The molecule has 0 aliphatic heterocycles. The molecule has 0 radical (unpaired) electrons. The zero-order chi connectivity index (χ0) is 11.1. The lowest BCUT2D eigenvalue weighted by atomic mass is 10.2. The van der Waals surface area contributed by atoms with Crippen molar-refractivity contribution in [1.82, 2.24) is 0 Å². The molecule has 1 aromatic carbocycles. The van der Waals surface area contributed by atoms with Crippen molar-refractivity contribution in [3.05, 3.63) is 35.9 Å². The first-order valence-electron chi connectivity index (χ1n) is 4.74. The van der Waals surface area contributed by atoms with Crippen molar-refractivity contribution in [2.75, 3.05) is 13.2 Å². The van der Waals surface area contributed by atoms with Crippen LogP contribution < -0.4 is 0 Å². The van der Waals surface area contributed by atoms with E-state index in [9.17, 15) is 0 Å². The van der Waals surface area contributed by atoms with Gasteiger partial charge in [0.15, 0.2) is 0 Å². The molecule has 84 valence electrons. The quantitative estimate of drug-likeness (QED) is 0.784. The molecule has 2 nitrogen and oxygen atoms in total. The summed E-state index contributed by atoms with van der Waals surface area (Å²) in [5.74, 6) is 0. The molecule has 0 aliphatic rings. The van der Waals surface area contributed by atoms with Gasteiger partial charge < -0.3 is 9.84 Å². The van der Waals surface area contributed by atoms with Gasteiger partial charge in [0.05, 0.1) is 30.6 Å². The van der Waals surface area contributed by atoms with Gasteiger partial charge in [0.2, 0.25) is 0 Å². The van der Waals surface area contributed by atoms with Crippen molar-refractivity contribution < 1.29 is 9.84 Å². The molecule has 0 aliphatic carbocycles. The van der Waals surface area contributed by atoms with Gasteiger partial charge in [-0.15, -0.1) is 23.2 Å². The number of ether oxygens (including phenoxy) is 1. The predicted octanol–water partition coefficient (Wildman–Crippen LogP) is 2.41. The van der Waals surface area contributed by atoms with E-state index in [1.807, 2.05) is 30.3 Å². The molecular weight excluding hydrogens is 235 g/mol. The number of halogens is 2. The molecule has 0 spiro atoms. The van der Waals surface area contributed by atoms with Gasteiger partial charge in [0.25, 0.3) is 0 Å². The third-order valence-corrected chi connectivity index (χ3v) is 2.96. The molecule has 0 saturated heterocycles. The smallest absolute Gasteiger partial charge is 0.0755 e. The molecule has 0 heterocycles. The van der Waals surface area contributed by atoms with Crippen LogP contribution >= 0.6 is 23.2 Å². The van der Waals surface area contributed by atoms with Gasteiger partial charge in [-0.2, -0.15) is 0 Å². The number of rotatable bonds is 6.